The Morgan fingerprint density at radius 1 is 0.452 bits per heavy atom. The van der Waals surface area contributed by atoms with Gasteiger partial charge < -0.3 is 69.7 Å². The highest BCUT2D eigenvalue weighted by Gasteiger charge is 2.61. The number of nitrogens with zero attached hydrogens (tertiary/aromatic N) is 10. The van der Waals surface area contributed by atoms with Gasteiger partial charge in [-0.3, -0.25) is 28.8 Å². The van der Waals surface area contributed by atoms with Crippen LogP contribution >= 0.6 is 35.3 Å². The number of benzene rings is 7. The lowest BCUT2D eigenvalue weighted by Gasteiger charge is -2.40. The summed E-state index contributed by atoms with van der Waals surface area (Å²) < 4.78 is 73.0. The average Bonchev–Trinajstić information content (AvgIpc) is 1.55. The number of rotatable bonds is 20. The van der Waals surface area contributed by atoms with Crippen molar-refractivity contribution in [3.8, 4) is 5.75 Å². The van der Waals surface area contributed by atoms with Gasteiger partial charge in [0.15, 0.2) is 0 Å². The molecule has 6 fully saturated rings. The molecule has 0 radical (unpaired) electrons. The minimum Gasteiger partial charge on any atom is -0.490 e. The number of para-hydroxylation sites is 3. The topological polar surface area (TPSA) is 231 Å². The van der Waals surface area contributed by atoms with Crippen molar-refractivity contribution in [1.29, 1.82) is 0 Å². The van der Waals surface area contributed by atoms with E-state index in [-0.39, 0.29) is 98.6 Å². The van der Waals surface area contributed by atoms with Gasteiger partial charge in [0.2, 0.25) is 35.4 Å². The molecule has 3 N–H and O–H groups in total. The zero-order valence-corrected chi connectivity index (χ0v) is 72.3. The Morgan fingerprint density at radius 3 is 1.30 bits per heavy atom. The van der Waals surface area contributed by atoms with Gasteiger partial charge in [-0.1, -0.05) is 166 Å². The number of carbonyl (C=O) groups excluding carboxylic acids is 9. The highest BCUT2D eigenvalue weighted by molar-refractivity contribution is 8.01. The smallest absolute Gasteiger partial charge is 0.455 e. The normalized spacial score (nSPS) is 22.2. The molecule has 6 atom stereocenters. The second-order valence-electron chi connectivity index (χ2n) is 33.6. The standard InChI is InChI=1S/C33H36N4O3S.C32H41N5O4S.C28H29F5N4O3S.2H2/c38-30(35-19-17-27(18-20-35)36-22-16-25-11-7-8-14-28(25)34-33(36)40)23-29-31(39)37(21-15-24-9-3-1-4-10-24)32(41-29)26-12-5-2-6-13-26;1-21(2)10-15-36-30(39)28(42-31(36)22-8-9-26-27(18-22)41-17-16-34(26)3)19-29(38)35-13-11-24(12-14-35)37-20-23-6-4-5-7-25(23)33-32(37)40;29-27(30,28(31,32)33)17-37-24(39)22(41-25(37)19-7-2-1-3-8-19)16-23(38)35-13-11-20(12-14-35)36-15-10-18-6-4-5-9-21(18)34-26(36)40;;/h1-14,27,29,32H,15-23H2,(H,34,40);4-9,18,21,24,28,31H,10-17,19-20H2,1-3H3,(H,33,40);1-9,20,22,25H,10-17H2,(H,34,40);2*1H. The summed E-state index contributed by atoms with van der Waals surface area (Å²) in [7, 11) is 2.06. The molecule has 10 heterocycles. The van der Waals surface area contributed by atoms with Crippen LogP contribution in [0.25, 0.3) is 0 Å². The second kappa shape index (κ2) is 39.3. The highest BCUT2D eigenvalue weighted by atomic mass is 32.2. The van der Waals surface area contributed by atoms with Crippen molar-refractivity contribution in [1.82, 2.24) is 44.1 Å². The molecule has 6 unspecified atom stereocenters. The maximum absolute atomic E-state index is 14.0. The number of carbonyl (C=O) groups is 9. The first-order valence-electron chi connectivity index (χ1n) is 43.0. The maximum Gasteiger partial charge on any atom is 0.455 e. The van der Waals surface area contributed by atoms with Gasteiger partial charge >= 0.3 is 30.2 Å². The zero-order chi connectivity index (χ0) is 86.9. The first kappa shape index (κ1) is 88.3. The Kier molecular flexibility index (Phi) is 28.0. The molecule has 124 heavy (non-hydrogen) atoms. The van der Waals surface area contributed by atoms with Gasteiger partial charge in [0.1, 0.15) is 28.5 Å². The minimum absolute atomic E-state index is 0. The molecule has 0 bridgehead atoms. The number of anilines is 4. The fraction of sp³-hybridized carbons (Fsp3) is 0.452. The lowest BCUT2D eigenvalue weighted by Crippen LogP contribution is -2.51. The molecule has 0 aromatic heterocycles. The number of ether oxygens (including phenoxy) is 1. The molecule has 10 aliphatic rings. The monoisotopic (exact) mass is 1760 g/mol. The van der Waals surface area contributed by atoms with Crippen LogP contribution in [0.15, 0.2) is 182 Å². The number of hydrogen-bond donors (Lipinski definition) is 3. The number of piperidine rings is 3. The van der Waals surface area contributed by atoms with Gasteiger partial charge in [-0.15, -0.1) is 35.3 Å². The van der Waals surface area contributed by atoms with Crippen LogP contribution in [0.2, 0.25) is 0 Å². The highest BCUT2D eigenvalue weighted by Crippen LogP contribution is 2.51. The molecule has 6 saturated heterocycles. The van der Waals surface area contributed by atoms with Crippen molar-refractivity contribution in [2.24, 2.45) is 5.92 Å². The molecule has 0 aliphatic carbocycles. The Labute approximate surface area is 735 Å². The second-order valence-corrected chi connectivity index (χ2v) is 37.5. The van der Waals surface area contributed by atoms with Gasteiger partial charge in [0.05, 0.1) is 34.5 Å². The number of likely N-dealkylation sites (tertiary alicyclic amines) is 3. The van der Waals surface area contributed by atoms with Gasteiger partial charge in [-0.2, -0.15) is 22.0 Å². The molecular formula is C93H110F5N13O10S3. The maximum atomic E-state index is 14.0. The van der Waals surface area contributed by atoms with E-state index < -0.39 is 45.7 Å². The fourth-order valence-electron chi connectivity index (χ4n) is 18.1. The number of hydrogen-bond acceptors (Lipinski definition) is 14. The summed E-state index contributed by atoms with van der Waals surface area (Å²) in [5, 5.41) is 5.80. The molecule has 0 saturated carbocycles. The first-order chi connectivity index (χ1) is 59.8. The van der Waals surface area contributed by atoms with Crippen LogP contribution in [0, 0.1) is 5.92 Å². The number of likely N-dealkylation sites (N-methyl/N-ethyl adjacent to an activating group) is 1. The Bertz CT molecular complexity index is 5000. The van der Waals surface area contributed by atoms with Crippen LogP contribution in [-0.2, 0) is 54.6 Å². The van der Waals surface area contributed by atoms with Crippen LogP contribution < -0.4 is 25.6 Å². The predicted octanol–water partition coefficient (Wildman–Crippen LogP) is 16.1. The van der Waals surface area contributed by atoms with Crippen molar-refractivity contribution in [3.63, 3.8) is 0 Å². The lowest BCUT2D eigenvalue weighted by atomic mass is 10.0. The molecule has 31 heteroatoms. The third kappa shape index (κ3) is 20.5. The van der Waals surface area contributed by atoms with E-state index in [1.54, 1.807) is 63.7 Å². The van der Waals surface area contributed by atoms with E-state index in [1.807, 2.05) is 133 Å². The molecule has 23 nitrogen and oxygen atoms in total. The minimum atomic E-state index is -5.81. The summed E-state index contributed by atoms with van der Waals surface area (Å²) in [6, 6.07) is 57.8. The zero-order valence-electron chi connectivity index (χ0n) is 69.9. The molecule has 10 aliphatic heterocycles. The summed E-state index contributed by atoms with van der Waals surface area (Å²) in [6.45, 7) is 10.2. The van der Waals surface area contributed by atoms with E-state index >= 15 is 0 Å². The van der Waals surface area contributed by atoms with E-state index in [2.05, 4.69) is 90.3 Å². The Hall–Kier alpha value is -10.5. The summed E-state index contributed by atoms with van der Waals surface area (Å²) in [6.07, 6.45) is 1.50. The number of halogens is 5. The van der Waals surface area contributed by atoms with Gasteiger partial charge in [-0.25, -0.2) is 14.4 Å². The van der Waals surface area contributed by atoms with Crippen LogP contribution in [-0.4, -0.2) is 236 Å². The summed E-state index contributed by atoms with van der Waals surface area (Å²) in [5.41, 5.74) is 10.7. The number of alkyl halides is 5. The van der Waals surface area contributed by atoms with E-state index in [9.17, 15) is 65.1 Å². The summed E-state index contributed by atoms with van der Waals surface area (Å²) in [4.78, 5) is 137. The quantitative estimate of drug-likeness (QED) is 0.0603. The third-order valence-electron chi connectivity index (χ3n) is 25.2. The molecule has 0 spiro atoms. The van der Waals surface area contributed by atoms with Crippen LogP contribution in [0.4, 0.5) is 59.1 Å². The number of urea groups is 3. The van der Waals surface area contributed by atoms with E-state index in [0.29, 0.717) is 114 Å². The Morgan fingerprint density at radius 2 is 0.839 bits per heavy atom. The van der Waals surface area contributed by atoms with E-state index in [4.69, 9.17) is 4.74 Å². The van der Waals surface area contributed by atoms with Crippen molar-refractivity contribution in [3.05, 3.63) is 221 Å². The van der Waals surface area contributed by atoms with Crippen LogP contribution in [0.5, 0.6) is 5.75 Å². The summed E-state index contributed by atoms with van der Waals surface area (Å²) >= 11 is 4.10. The van der Waals surface area contributed by atoms with Crippen molar-refractivity contribution in [2.45, 2.75) is 166 Å². The summed E-state index contributed by atoms with van der Waals surface area (Å²) in [5.74, 6) is -4.93. The number of thioether (sulfide) groups is 3. The van der Waals surface area contributed by atoms with E-state index in [0.717, 1.165) is 120 Å². The average molecular weight is 1760 g/mol. The third-order valence-corrected chi connectivity index (χ3v) is 29.6. The van der Waals surface area contributed by atoms with E-state index in [1.165, 1.54) is 5.56 Å². The molecule has 660 valence electrons. The molecule has 7 aromatic rings. The number of nitrogens with one attached hydrogen (secondary N) is 3. The molecule has 17 rings (SSSR count). The number of fused-ring (bicyclic) bond motifs is 4. The number of amides is 12. The van der Waals surface area contributed by atoms with Gasteiger partial charge in [-0.05, 0) is 139 Å². The van der Waals surface area contributed by atoms with Crippen molar-refractivity contribution in [2.75, 3.05) is 113 Å². The van der Waals surface area contributed by atoms with Crippen LogP contribution in [0.1, 0.15) is 136 Å². The predicted molar refractivity (Wildman–Crippen MR) is 476 cm³/mol. The first-order valence-corrected chi connectivity index (χ1v) is 45.9. The molecular weight excluding hydrogens is 1650 g/mol. The Balaban J connectivity index is 0.000000161. The van der Waals surface area contributed by atoms with Crippen LogP contribution in [0.3, 0.4) is 0 Å². The van der Waals surface area contributed by atoms with Crippen molar-refractivity contribution < 1.29 is 72.7 Å². The SMILES string of the molecule is CC(C)CCN1C(=O)C(CC(=O)N2CCC(N3Cc4ccccc4NC3=O)CC2)SC1c1ccc2c(c1)OCCN2C.O=C(CC1SC(c2ccccc2)N(CC(F)(F)C(F)(F)F)C1=O)N1CCC(N2CCc3ccccc3NC2=O)CC1.O=C(CC1SC(c2ccccc2)N(CCc2ccccc2)C1=O)N1CCC(N2CCc3ccccc3NC2=O)CC1.[HH].[HH]. The largest absolute Gasteiger partial charge is 0.490 e. The van der Waals surface area contributed by atoms with Gasteiger partial charge in [0, 0.05) is 136 Å². The fourth-order valence-corrected chi connectivity index (χ4v) is 22.4. The lowest BCUT2D eigenvalue weighted by molar-refractivity contribution is -0.285. The molecule has 12 amide bonds. The molecule has 7 aromatic carbocycles. The van der Waals surface area contributed by atoms with Gasteiger partial charge in [0.25, 0.3) is 0 Å². The van der Waals surface area contributed by atoms with Crippen molar-refractivity contribution >= 4 is 112 Å².